The van der Waals surface area contributed by atoms with E-state index in [-0.39, 0.29) is 6.85 Å². The van der Waals surface area contributed by atoms with Crippen molar-refractivity contribution in [2.24, 2.45) is 7.05 Å². The zero-order chi connectivity index (χ0) is 16.1. The minimum Gasteiger partial charge on any atom is -0.449 e. The number of hydrogen-bond donors (Lipinski definition) is 0. The maximum Gasteiger partial charge on any atom is 0.443 e. The van der Waals surface area contributed by atoms with Crippen molar-refractivity contribution in [2.45, 2.75) is 13.8 Å². The Morgan fingerprint density at radius 1 is 1.26 bits per heavy atom. The van der Waals surface area contributed by atoms with E-state index < -0.39 is 0 Å². The highest BCUT2D eigenvalue weighted by atomic mass is 16.3. The number of pyridine rings is 2. The fourth-order valence-corrected chi connectivity index (χ4v) is 3.49. The van der Waals surface area contributed by atoms with E-state index in [4.69, 9.17) is 4.42 Å². The summed E-state index contributed by atoms with van der Waals surface area (Å²) in [5, 5.41) is 1.09. The summed E-state index contributed by atoms with van der Waals surface area (Å²) < 4.78 is 8.35. The van der Waals surface area contributed by atoms with Gasteiger partial charge in [-0.15, -0.1) is 0 Å². The van der Waals surface area contributed by atoms with Gasteiger partial charge in [-0.25, -0.2) is 9.55 Å². The molecular formula is C18H19BN3O+. The van der Waals surface area contributed by atoms with Crippen LogP contribution < -0.4 is 15.8 Å². The molecule has 0 saturated heterocycles. The van der Waals surface area contributed by atoms with E-state index in [1.165, 1.54) is 22.3 Å². The van der Waals surface area contributed by atoms with Crippen molar-refractivity contribution in [3.05, 3.63) is 54.0 Å². The molecule has 0 bridgehead atoms. The number of nitrogens with zero attached hydrogens (tertiary/aromatic N) is 3. The lowest BCUT2D eigenvalue weighted by Gasteiger charge is -2.26. The van der Waals surface area contributed by atoms with Crippen molar-refractivity contribution < 1.29 is 8.98 Å². The second kappa shape index (κ2) is 4.98. The standard InChI is InChI=1S/C18H19BN3O/c1-12-7-9-21(3)15(10-12)19-17-16(13(2)11-22(19)4)14-6-5-8-20-18(14)23-17/h5-11H,1-4H3/q+1. The van der Waals surface area contributed by atoms with Crippen LogP contribution in [0.4, 0.5) is 0 Å². The summed E-state index contributed by atoms with van der Waals surface area (Å²) in [4.78, 5) is 6.61. The van der Waals surface area contributed by atoms with Crippen molar-refractivity contribution in [2.75, 3.05) is 7.05 Å². The first-order valence-corrected chi connectivity index (χ1v) is 7.80. The lowest BCUT2D eigenvalue weighted by molar-refractivity contribution is -0.654. The monoisotopic (exact) mass is 304 g/mol. The quantitative estimate of drug-likeness (QED) is 0.503. The van der Waals surface area contributed by atoms with E-state index in [0.717, 1.165) is 11.0 Å². The predicted octanol–water partition coefficient (Wildman–Crippen LogP) is 1.37. The average molecular weight is 304 g/mol. The number of hydrogen-bond acceptors (Lipinski definition) is 3. The van der Waals surface area contributed by atoms with E-state index >= 15 is 0 Å². The molecule has 0 aliphatic carbocycles. The van der Waals surface area contributed by atoms with Crippen molar-refractivity contribution in [1.29, 1.82) is 0 Å². The zero-order valence-electron chi connectivity index (χ0n) is 13.9. The number of furan rings is 1. The Balaban J connectivity index is 2.01. The van der Waals surface area contributed by atoms with Crippen molar-refractivity contribution in [1.82, 2.24) is 9.79 Å². The van der Waals surface area contributed by atoms with Gasteiger partial charge in [-0.05, 0) is 50.4 Å². The Hall–Kier alpha value is -2.56. The normalized spacial score (nSPS) is 14.2. The molecule has 1 aliphatic rings. The number of rotatable bonds is 1. The molecule has 0 saturated carbocycles. The summed E-state index contributed by atoms with van der Waals surface area (Å²) in [6, 6.07) is 8.39. The smallest absolute Gasteiger partial charge is 0.443 e. The molecule has 114 valence electrons. The van der Waals surface area contributed by atoms with E-state index in [0.29, 0.717) is 5.71 Å². The van der Waals surface area contributed by atoms with Gasteiger partial charge in [0.1, 0.15) is 12.7 Å². The maximum atomic E-state index is 6.19. The van der Waals surface area contributed by atoms with E-state index in [9.17, 15) is 0 Å². The Morgan fingerprint density at radius 3 is 2.91 bits per heavy atom. The lowest BCUT2D eigenvalue weighted by Crippen LogP contribution is -2.65. The largest absolute Gasteiger partial charge is 0.449 e. The van der Waals surface area contributed by atoms with Gasteiger partial charge in [0.2, 0.25) is 5.71 Å². The summed E-state index contributed by atoms with van der Waals surface area (Å²) in [5.41, 5.74) is 6.52. The molecule has 0 N–H and O–H groups in total. The molecule has 4 heterocycles. The van der Waals surface area contributed by atoms with E-state index in [2.05, 4.69) is 72.9 Å². The number of fused-ring (bicyclic) bond motifs is 3. The Labute approximate surface area is 136 Å². The Morgan fingerprint density at radius 2 is 2.09 bits per heavy atom. The summed E-state index contributed by atoms with van der Waals surface area (Å²) in [5.74, 6) is 0. The maximum absolute atomic E-state index is 6.19. The second-order valence-corrected chi connectivity index (χ2v) is 6.32. The molecular weight excluding hydrogens is 285 g/mol. The summed E-state index contributed by atoms with van der Waals surface area (Å²) in [6.07, 6.45) is 6.07. The minimum absolute atomic E-state index is 0.0489. The predicted molar refractivity (Wildman–Crippen MR) is 92.8 cm³/mol. The fraction of sp³-hybridized carbons (Fsp3) is 0.222. The molecule has 4 nitrogen and oxygen atoms in total. The molecule has 0 radical (unpaired) electrons. The van der Waals surface area contributed by atoms with Gasteiger partial charge in [-0.3, -0.25) is 0 Å². The lowest BCUT2D eigenvalue weighted by atomic mass is 9.52. The highest BCUT2D eigenvalue weighted by Crippen LogP contribution is 2.27. The summed E-state index contributed by atoms with van der Waals surface area (Å²) in [7, 11) is 4.18. The molecule has 5 heteroatoms. The van der Waals surface area contributed by atoms with Crippen LogP contribution in [-0.2, 0) is 7.05 Å². The van der Waals surface area contributed by atoms with Crippen LogP contribution in [0.5, 0.6) is 0 Å². The van der Waals surface area contributed by atoms with Crippen LogP contribution in [0.2, 0.25) is 0 Å². The third-order valence-electron chi connectivity index (χ3n) is 4.56. The molecule has 3 aromatic heterocycles. The molecule has 0 fully saturated rings. The van der Waals surface area contributed by atoms with Gasteiger partial charge in [0.15, 0.2) is 11.8 Å². The molecule has 0 spiro atoms. The van der Waals surface area contributed by atoms with Crippen LogP contribution in [0.1, 0.15) is 18.1 Å². The minimum atomic E-state index is 0.0489. The number of aromatic nitrogens is 2. The third-order valence-corrected chi connectivity index (χ3v) is 4.56. The Bertz CT molecular complexity index is 945. The van der Waals surface area contributed by atoms with Gasteiger partial charge in [-0.1, -0.05) is 0 Å². The highest BCUT2D eigenvalue weighted by Gasteiger charge is 2.41. The molecule has 1 aliphatic heterocycles. The molecule has 23 heavy (non-hydrogen) atoms. The molecule has 3 aromatic rings. The van der Waals surface area contributed by atoms with Crippen LogP contribution in [0.3, 0.4) is 0 Å². The second-order valence-electron chi connectivity index (χ2n) is 6.32. The van der Waals surface area contributed by atoms with Crippen LogP contribution in [0.15, 0.2) is 47.3 Å². The van der Waals surface area contributed by atoms with Crippen molar-refractivity contribution in [3.63, 3.8) is 0 Å². The van der Waals surface area contributed by atoms with Crippen molar-refractivity contribution in [3.8, 4) is 0 Å². The summed E-state index contributed by atoms with van der Waals surface area (Å²) >= 11 is 0. The van der Waals surface area contributed by atoms with E-state index in [1.807, 2.05) is 6.07 Å². The SMILES string of the molecule is CC1=CN(C)B(c2cc(C)cc[n+]2C)c2oc3ncccc3c21. The molecule has 0 amide bonds. The van der Waals surface area contributed by atoms with Crippen LogP contribution in [0.25, 0.3) is 16.7 Å². The van der Waals surface area contributed by atoms with Crippen molar-refractivity contribution >= 4 is 34.8 Å². The highest BCUT2D eigenvalue weighted by molar-refractivity contribution is 6.82. The van der Waals surface area contributed by atoms with Crippen LogP contribution in [0, 0.1) is 6.92 Å². The number of aryl methyl sites for hydroxylation is 2. The average Bonchev–Trinajstić information content (AvgIpc) is 2.90. The van der Waals surface area contributed by atoms with Gasteiger partial charge >= 0.3 is 6.85 Å². The topological polar surface area (TPSA) is 33.2 Å². The Kier molecular flexibility index (Phi) is 3.05. The van der Waals surface area contributed by atoms with Gasteiger partial charge in [-0.2, -0.15) is 0 Å². The molecule has 0 aromatic carbocycles. The molecule has 0 atom stereocenters. The van der Waals surface area contributed by atoms with Gasteiger partial charge < -0.3 is 9.23 Å². The van der Waals surface area contributed by atoms with E-state index in [1.54, 1.807) is 6.20 Å². The third kappa shape index (κ3) is 2.07. The first kappa shape index (κ1) is 14.1. The van der Waals surface area contributed by atoms with Gasteiger partial charge in [0.25, 0.3) is 0 Å². The van der Waals surface area contributed by atoms with Crippen LogP contribution in [-0.4, -0.2) is 23.7 Å². The summed E-state index contributed by atoms with van der Waals surface area (Å²) in [6.45, 7) is 4.30. The number of allylic oxidation sites excluding steroid dienone is 1. The van der Waals surface area contributed by atoms with Crippen LogP contribution >= 0.6 is 0 Å². The first-order chi connectivity index (χ1) is 11.1. The van der Waals surface area contributed by atoms with Gasteiger partial charge in [0.05, 0.1) is 0 Å². The zero-order valence-corrected chi connectivity index (χ0v) is 13.9. The molecule has 4 rings (SSSR count). The molecule has 0 unspecified atom stereocenters. The van der Waals surface area contributed by atoms with Gasteiger partial charge in [0, 0.05) is 29.3 Å². The first-order valence-electron chi connectivity index (χ1n) is 7.80. The fourth-order valence-electron chi connectivity index (χ4n) is 3.49.